The van der Waals surface area contributed by atoms with E-state index in [0.29, 0.717) is 0 Å². The van der Waals surface area contributed by atoms with Crippen LogP contribution in [0.2, 0.25) is 0 Å². The summed E-state index contributed by atoms with van der Waals surface area (Å²) in [5.74, 6) is 0.768. The Kier molecular flexibility index (Phi) is 2.83. The lowest BCUT2D eigenvalue weighted by molar-refractivity contribution is 1.23. The molecule has 2 heteroatoms. The van der Waals surface area contributed by atoms with E-state index >= 15 is 0 Å². The monoisotopic (exact) mass is 306 g/mol. The Morgan fingerprint density at radius 2 is 1.29 bits per heavy atom. The average molecular weight is 306 g/mol. The summed E-state index contributed by atoms with van der Waals surface area (Å²) in [7, 11) is 0. The summed E-state index contributed by atoms with van der Waals surface area (Å²) in [5.41, 5.74) is 2.05. The van der Waals surface area contributed by atoms with Crippen molar-refractivity contribution < 1.29 is 0 Å². The molecule has 0 fully saturated rings. The van der Waals surface area contributed by atoms with Crippen LogP contribution in [-0.2, 0) is 0 Å². The molecule has 0 spiro atoms. The summed E-state index contributed by atoms with van der Waals surface area (Å²) in [6.07, 6.45) is 1.92. The van der Waals surface area contributed by atoms with Crippen LogP contribution in [0.25, 0.3) is 43.8 Å². The van der Waals surface area contributed by atoms with Crippen molar-refractivity contribution in [3.05, 3.63) is 85.1 Å². The molecule has 2 nitrogen and oxygen atoms in total. The molecule has 24 heavy (non-hydrogen) atoms. The summed E-state index contributed by atoms with van der Waals surface area (Å²) < 4.78 is 0. The molecule has 0 aliphatic carbocycles. The summed E-state index contributed by atoms with van der Waals surface area (Å²) >= 11 is 0. The first kappa shape index (κ1) is 13.2. The highest BCUT2D eigenvalue weighted by Crippen LogP contribution is 2.27. The van der Waals surface area contributed by atoms with E-state index in [4.69, 9.17) is 4.98 Å². The zero-order chi connectivity index (χ0) is 15.9. The van der Waals surface area contributed by atoms with E-state index < -0.39 is 0 Å². The maximum absolute atomic E-state index is 4.87. The zero-order valence-corrected chi connectivity index (χ0v) is 13.0. The maximum Gasteiger partial charge on any atom is 0.159 e. The van der Waals surface area contributed by atoms with E-state index in [2.05, 4.69) is 83.8 Å². The Morgan fingerprint density at radius 3 is 2.21 bits per heavy atom. The average Bonchev–Trinajstić information content (AvgIpc) is 2.67. The zero-order valence-electron chi connectivity index (χ0n) is 13.0. The lowest BCUT2D eigenvalue weighted by atomic mass is 10.1. The Morgan fingerprint density at radius 1 is 0.583 bits per heavy atom. The van der Waals surface area contributed by atoms with Crippen molar-refractivity contribution >= 4 is 32.4 Å². The number of hydrogen-bond acceptors (Lipinski definition) is 2. The Labute approximate surface area is 139 Å². The summed E-state index contributed by atoms with van der Waals surface area (Å²) in [5, 5.41) is 5.87. The molecule has 5 rings (SSSR count). The fraction of sp³-hybridized carbons (Fsp3) is 0. The first-order valence-corrected chi connectivity index (χ1v) is 8.02. The van der Waals surface area contributed by atoms with Crippen molar-refractivity contribution in [3.8, 4) is 11.4 Å². The molecule has 5 aromatic rings. The van der Waals surface area contributed by atoms with E-state index in [1.807, 2.05) is 6.20 Å². The number of hydrogen-bond donors (Lipinski definition) is 0. The van der Waals surface area contributed by atoms with Gasteiger partial charge in [-0.2, -0.15) is 0 Å². The molecular formula is C22H14N2. The third-order valence-electron chi connectivity index (χ3n) is 4.48. The quantitative estimate of drug-likeness (QED) is 0.376. The number of rotatable bonds is 1. The topological polar surface area (TPSA) is 25.8 Å². The molecule has 1 heterocycles. The second-order valence-corrected chi connectivity index (χ2v) is 5.98. The molecule has 112 valence electrons. The van der Waals surface area contributed by atoms with Gasteiger partial charge in [0.15, 0.2) is 5.82 Å². The van der Waals surface area contributed by atoms with Crippen LogP contribution in [0.15, 0.2) is 85.1 Å². The Hall–Kier alpha value is -3.26. The highest BCUT2D eigenvalue weighted by atomic mass is 14.9. The molecule has 0 unspecified atom stereocenters. The minimum atomic E-state index is 0.768. The minimum Gasteiger partial charge on any atom is -0.236 e. The van der Waals surface area contributed by atoms with Gasteiger partial charge in [0, 0.05) is 22.5 Å². The molecule has 0 aliphatic heterocycles. The third kappa shape index (κ3) is 2.04. The second kappa shape index (κ2) is 5.14. The number of nitrogens with zero attached hydrogens (tertiary/aromatic N) is 2. The van der Waals surface area contributed by atoms with Gasteiger partial charge in [0.2, 0.25) is 0 Å². The number of benzene rings is 4. The lowest BCUT2D eigenvalue weighted by Gasteiger charge is -2.06. The molecule has 0 aliphatic rings. The van der Waals surface area contributed by atoms with Crippen LogP contribution in [-0.4, -0.2) is 9.97 Å². The van der Waals surface area contributed by atoms with E-state index in [0.717, 1.165) is 22.3 Å². The van der Waals surface area contributed by atoms with E-state index in [1.165, 1.54) is 21.5 Å². The van der Waals surface area contributed by atoms with Crippen molar-refractivity contribution in [2.45, 2.75) is 0 Å². The van der Waals surface area contributed by atoms with Gasteiger partial charge in [-0.15, -0.1) is 0 Å². The number of aromatic nitrogens is 2. The first-order chi connectivity index (χ1) is 11.9. The molecule has 0 N–H and O–H groups in total. The molecule has 0 saturated heterocycles. The Balaban J connectivity index is 1.77. The van der Waals surface area contributed by atoms with Gasteiger partial charge in [-0.1, -0.05) is 72.8 Å². The smallest absolute Gasteiger partial charge is 0.159 e. The van der Waals surface area contributed by atoms with Gasteiger partial charge in [0.1, 0.15) is 0 Å². The maximum atomic E-state index is 4.87. The van der Waals surface area contributed by atoms with E-state index in [9.17, 15) is 0 Å². The van der Waals surface area contributed by atoms with Gasteiger partial charge >= 0.3 is 0 Å². The van der Waals surface area contributed by atoms with Crippen LogP contribution in [0, 0.1) is 0 Å². The predicted molar refractivity (Wildman–Crippen MR) is 100.0 cm³/mol. The minimum absolute atomic E-state index is 0.768. The molecule has 1 aromatic heterocycles. The van der Waals surface area contributed by atoms with Gasteiger partial charge in [-0.05, 0) is 22.2 Å². The van der Waals surface area contributed by atoms with Gasteiger partial charge in [-0.25, -0.2) is 9.97 Å². The van der Waals surface area contributed by atoms with Crippen LogP contribution in [0.1, 0.15) is 0 Å². The van der Waals surface area contributed by atoms with Crippen molar-refractivity contribution in [1.82, 2.24) is 9.97 Å². The second-order valence-electron chi connectivity index (χ2n) is 5.98. The van der Waals surface area contributed by atoms with Gasteiger partial charge in [-0.3, -0.25) is 0 Å². The highest BCUT2D eigenvalue weighted by molar-refractivity contribution is 6.05. The normalized spacial score (nSPS) is 11.3. The van der Waals surface area contributed by atoms with Crippen LogP contribution in [0.4, 0.5) is 0 Å². The fourth-order valence-electron chi connectivity index (χ4n) is 3.23. The van der Waals surface area contributed by atoms with Gasteiger partial charge in [0.25, 0.3) is 0 Å². The van der Waals surface area contributed by atoms with Crippen molar-refractivity contribution in [2.75, 3.05) is 0 Å². The Bertz CT molecular complexity index is 1210. The molecule has 0 saturated carbocycles. The summed E-state index contributed by atoms with van der Waals surface area (Å²) in [6.45, 7) is 0. The predicted octanol–water partition coefficient (Wildman–Crippen LogP) is 5.60. The summed E-state index contributed by atoms with van der Waals surface area (Å²) in [6, 6.07) is 27.3. The molecule has 4 aromatic carbocycles. The molecule has 0 amide bonds. The third-order valence-corrected chi connectivity index (χ3v) is 4.48. The fourth-order valence-corrected chi connectivity index (χ4v) is 3.23. The van der Waals surface area contributed by atoms with E-state index in [-0.39, 0.29) is 0 Å². The molecular weight excluding hydrogens is 292 g/mol. The van der Waals surface area contributed by atoms with Gasteiger partial charge < -0.3 is 0 Å². The van der Waals surface area contributed by atoms with Crippen LogP contribution >= 0.6 is 0 Å². The molecule has 0 bridgehead atoms. The van der Waals surface area contributed by atoms with Gasteiger partial charge in [0.05, 0.1) is 5.52 Å². The SMILES string of the molecule is c1ccc2cc(-c3ncc4ccc5ccccc5c4n3)ccc2c1. The molecule has 0 atom stereocenters. The van der Waals surface area contributed by atoms with Crippen LogP contribution < -0.4 is 0 Å². The largest absolute Gasteiger partial charge is 0.236 e. The van der Waals surface area contributed by atoms with E-state index in [1.54, 1.807) is 0 Å². The lowest BCUT2D eigenvalue weighted by Crippen LogP contribution is -1.91. The van der Waals surface area contributed by atoms with Crippen molar-refractivity contribution in [3.63, 3.8) is 0 Å². The molecule has 0 radical (unpaired) electrons. The van der Waals surface area contributed by atoms with Crippen LogP contribution in [0.3, 0.4) is 0 Å². The standard InChI is InChI=1S/C22H14N2/c1-2-7-17-13-18(11-9-15(17)5-1)22-23-14-19-12-10-16-6-3-4-8-20(16)21(19)24-22/h1-14H. The van der Waals surface area contributed by atoms with Crippen LogP contribution in [0.5, 0.6) is 0 Å². The summed E-state index contributed by atoms with van der Waals surface area (Å²) in [4.78, 5) is 9.45. The van der Waals surface area contributed by atoms with Crippen molar-refractivity contribution in [1.29, 1.82) is 0 Å². The number of fused-ring (bicyclic) bond motifs is 4. The first-order valence-electron chi connectivity index (χ1n) is 8.02. The van der Waals surface area contributed by atoms with Crippen molar-refractivity contribution in [2.24, 2.45) is 0 Å². The highest BCUT2D eigenvalue weighted by Gasteiger charge is 2.07.